The van der Waals surface area contributed by atoms with Crippen molar-refractivity contribution in [2.24, 2.45) is 0 Å². The van der Waals surface area contributed by atoms with Crippen molar-refractivity contribution in [3.8, 4) is 17.2 Å². The van der Waals surface area contributed by atoms with Crippen LogP contribution in [0.3, 0.4) is 0 Å². The average molecular weight is 272 g/mol. The number of aryl methyl sites for hydroxylation is 1. The minimum absolute atomic E-state index is 0.0111. The van der Waals surface area contributed by atoms with Crippen molar-refractivity contribution < 1.29 is 19.7 Å². The van der Waals surface area contributed by atoms with Gasteiger partial charge in [0.05, 0.1) is 7.11 Å². The van der Waals surface area contributed by atoms with Gasteiger partial charge in [0.15, 0.2) is 17.3 Å². The smallest absolute Gasteiger partial charge is 0.163 e. The molecule has 0 spiro atoms. The molecule has 0 unspecified atom stereocenters. The van der Waals surface area contributed by atoms with Gasteiger partial charge in [0.25, 0.3) is 0 Å². The van der Waals surface area contributed by atoms with E-state index in [1.54, 1.807) is 30.3 Å². The van der Waals surface area contributed by atoms with Crippen LogP contribution in [0.2, 0.25) is 0 Å². The number of hydrogen-bond donors (Lipinski definition) is 2. The lowest BCUT2D eigenvalue weighted by molar-refractivity contribution is 0.0983. The summed E-state index contributed by atoms with van der Waals surface area (Å²) in [5.74, 6) is 0.641. The molecule has 2 N–H and O–H groups in total. The van der Waals surface area contributed by atoms with E-state index in [1.807, 2.05) is 0 Å². The lowest BCUT2D eigenvalue weighted by Gasteiger charge is -2.06. The maximum atomic E-state index is 12.0. The Morgan fingerprint density at radius 2 is 1.80 bits per heavy atom. The topological polar surface area (TPSA) is 66.8 Å². The van der Waals surface area contributed by atoms with Crippen molar-refractivity contribution in [1.82, 2.24) is 0 Å². The number of phenolic OH excluding ortho intramolecular Hbond substituents is 2. The van der Waals surface area contributed by atoms with E-state index in [2.05, 4.69) is 0 Å². The summed E-state index contributed by atoms with van der Waals surface area (Å²) in [7, 11) is 1.49. The molecule has 0 aliphatic rings. The fourth-order valence-electron chi connectivity index (χ4n) is 1.93. The number of methoxy groups -OCH3 is 1. The summed E-state index contributed by atoms with van der Waals surface area (Å²) in [6, 6.07) is 11.2. The Kier molecular flexibility index (Phi) is 4.25. The van der Waals surface area contributed by atoms with Crippen LogP contribution in [0.1, 0.15) is 22.3 Å². The third-order valence-electron chi connectivity index (χ3n) is 3.07. The van der Waals surface area contributed by atoms with Crippen LogP contribution in [0.25, 0.3) is 0 Å². The van der Waals surface area contributed by atoms with E-state index >= 15 is 0 Å². The molecule has 0 saturated heterocycles. The molecule has 0 heterocycles. The van der Waals surface area contributed by atoms with Crippen LogP contribution >= 0.6 is 0 Å². The van der Waals surface area contributed by atoms with Gasteiger partial charge in [0.2, 0.25) is 0 Å². The van der Waals surface area contributed by atoms with E-state index in [4.69, 9.17) is 4.74 Å². The molecule has 0 fully saturated rings. The average Bonchev–Trinajstić information content (AvgIpc) is 2.46. The molecule has 0 aromatic heterocycles. The van der Waals surface area contributed by atoms with Gasteiger partial charge in [-0.25, -0.2) is 0 Å². The van der Waals surface area contributed by atoms with Gasteiger partial charge >= 0.3 is 0 Å². The first kappa shape index (κ1) is 13.9. The Labute approximate surface area is 117 Å². The fourth-order valence-corrected chi connectivity index (χ4v) is 1.93. The minimum atomic E-state index is 0.0111. The van der Waals surface area contributed by atoms with Gasteiger partial charge in [-0.2, -0.15) is 0 Å². The highest BCUT2D eigenvalue weighted by atomic mass is 16.5. The summed E-state index contributed by atoms with van der Waals surface area (Å²) in [5.41, 5.74) is 1.50. The zero-order valence-electron chi connectivity index (χ0n) is 11.2. The molecule has 0 aliphatic carbocycles. The van der Waals surface area contributed by atoms with Crippen LogP contribution in [0, 0.1) is 0 Å². The second-order valence-electron chi connectivity index (χ2n) is 4.48. The van der Waals surface area contributed by atoms with E-state index in [0.717, 1.165) is 5.56 Å². The quantitative estimate of drug-likeness (QED) is 0.821. The van der Waals surface area contributed by atoms with E-state index in [9.17, 15) is 15.0 Å². The highest BCUT2D eigenvalue weighted by Crippen LogP contribution is 2.26. The third kappa shape index (κ3) is 3.29. The van der Waals surface area contributed by atoms with Crippen LogP contribution in [0.5, 0.6) is 17.2 Å². The molecule has 0 amide bonds. The maximum Gasteiger partial charge on any atom is 0.163 e. The van der Waals surface area contributed by atoms with Crippen molar-refractivity contribution in [3.63, 3.8) is 0 Å². The second-order valence-corrected chi connectivity index (χ2v) is 4.48. The Balaban J connectivity index is 2.01. The van der Waals surface area contributed by atoms with Gasteiger partial charge in [0.1, 0.15) is 5.75 Å². The van der Waals surface area contributed by atoms with Crippen molar-refractivity contribution in [2.75, 3.05) is 7.11 Å². The molecule has 20 heavy (non-hydrogen) atoms. The normalized spacial score (nSPS) is 10.2. The van der Waals surface area contributed by atoms with Gasteiger partial charge in [-0.1, -0.05) is 6.07 Å². The van der Waals surface area contributed by atoms with E-state index in [1.165, 1.54) is 19.2 Å². The molecule has 4 nitrogen and oxygen atoms in total. The van der Waals surface area contributed by atoms with E-state index in [-0.39, 0.29) is 17.3 Å². The Morgan fingerprint density at radius 3 is 2.45 bits per heavy atom. The molecule has 0 atom stereocenters. The number of carbonyl (C=O) groups is 1. The molecule has 4 heteroatoms. The van der Waals surface area contributed by atoms with E-state index < -0.39 is 0 Å². The Hall–Kier alpha value is -2.49. The van der Waals surface area contributed by atoms with Gasteiger partial charge in [-0.3, -0.25) is 4.79 Å². The second kappa shape index (κ2) is 6.10. The molecular weight excluding hydrogens is 256 g/mol. The summed E-state index contributed by atoms with van der Waals surface area (Å²) >= 11 is 0. The minimum Gasteiger partial charge on any atom is -0.508 e. The van der Waals surface area contributed by atoms with Crippen LogP contribution in [-0.4, -0.2) is 23.1 Å². The molecule has 2 aromatic rings. The van der Waals surface area contributed by atoms with Gasteiger partial charge in [0, 0.05) is 12.0 Å². The molecule has 104 valence electrons. The number of Topliss-reactive ketones (excluding diaryl/α,β-unsaturated/α-hetero) is 1. The standard InChI is InChI=1S/C16H16O4/c1-20-16-10-11(3-9-15(16)19)2-8-14(18)12-4-6-13(17)7-5-12/h3-7,9-10,17,19H,2,8H2,1H3. The number of ketones is 1. The van der Waals surface area contributed by atoms with Gasteiger partial charge in [-0.15, -0.1) is 0 Å². The van der Waals surface area contributed by atoms with Crippen LogP contribution < -0.4 is 4.74 Å². The summed E-state index contributed by atoms with van der Waals surface area (Å²) in [4.78, 5) is 12.0. The SMILES string of the molecule is COc1cc(CCC(=O)c2ccc(O)cc2)ccc1O. The highest BCUT2D eigenvalue weighted by Gasteiger charge is 2.08. The van der Waals surface area contributed by atoms with Crippen molar-refractivity contribution >= 4 is 5.78 Å². The predicted molar refractivity (Wildman–Crippen MR) is 75.4 cm³/mol. The molecule has 0 radical (unpaired) electrons. The fraction of sp³-hybridized carbons (Fsp3) is 0.188. The summed E-state index contributed by atoms with van der Waals surface area (Å²) in [6.45, 7) is 0. The molecule has 0 saturated carbocycles. The zero-order valence-corrected chi connectivity index (χ0v) is 11.2. The molecule has 0 aliphatic heterocycles. The number of ether oxygens (including phenoxy) is 1. The maximum absolute atomic E-state index is 12.0. The Morgan fingerprint density at radius 1 is 1.10 bits per heavy atom. The van der Waals surface area contributed by atoms with Crippen molar-refractivity contribution in [3.05, 3.63) is 53.6 Å². The number of carbonyl (C=O) groups excluding carboxylic acids is 1. The molecule has 2 aromatic carbocycles. The third-order valence-corrected chi connectivity index (χ3v) is 3.07. The summed E-state index contributed by atoms with van der Waals surface area (Å²) in [6.07, 6.45) is 0.926. The molecular formula is C16H16O4. The van der Waals surface area contributed by atoms with Gasteiger partial charge < -0.3 is 14.9 Å². The number of phenols is 2. The monoisotopic (exact) mass is 272 g/mol. The lowest BCUT2D eigenvalue weighted by atomic mass is 10.0. The summed E-state index contributed by atoms with van der Waals surface area (Å²) in [5, 5.41) is 18.7. The first-order valence-electron chi connectivity index (χ1n) is 6.28. The number of benzene rings is 2. The number of hydrogen-bond acceptors (Lipinski definition) is 4. The van der Waals surface area contributed by atoms with Crippen LogP contribution in [0.15, 0.2) is 42.5 Å². The van der Waals surface area contributed by atoms with E-state index in [0.29, 0.717) is 24.2 Å². The molecule has 0 bridgehead atoms. The van der Waals surface area contributed by atoms with Crippen molar-refractivity contribution in [1.29, 1.82) is 0 Å². The zero-order chi connectivity index (χ0) is 14.5. The van der Waals surface area contributed by atoms with Crippen molar-refractivity contribution in [2.45, 2.75) is 12.8 Å². The largest absolute Gasteiger partial charge is 0.508 e. The predicted octanol–water partition coefficient (Wildman–Crippen LogP) is 2.92. The highest BCUT2D eigenvalue weighted by molar-refractivity contribution is 5.96. The Bertz CT molecular complexity index is 602. The molecule has 2 rings (SSSR count). The lowest BCUT2D eigenvalue weighted by Crippen LogP contribution is -2.01. The number of aromatic hydroxyl groups is 2. The summed E-state index contributed by atoms with van der Waals surface area (Å²) < 4.78 is 5.03. The van der Waals surface area contributed by atoms with Crippen LogP contribution in [-0.2, 0) is 6.42 Å². The van der Waals surface area contributed by atoms with Crippen LogP contribution in [0.4, 0.5) is 0 Å². The first-order chi connectivity index (χ1) is 9.60. The van der Waals surface area contributed by atoms with Gasteiger partial charge in [-0.05, 0) is 48.4 Å². The first-order valence-corrected chi connectivity index (χ1v) is 6.28. The number of rotatable bonds is 5.